The lowest BCUT2D eigenvalue weighted by molar-refractivity contribution is 0.551. The zero-order valence-corrected chi connectivity index (χ0v) is 13.2. The van der Waals surface area contributed by atoms with Crippen LogP contribution in [0.25, 0.3) is 0 Å². The first-order valence-corrected chi connectivity index (χ1v) is 7.55. The van der Waals surface area contributed by atoms with Gasteiger partial charge in [0, 0.05) is 23.9 Å². The first-order valence-electron chi connectivity index (χ1n) is 6.35. The van der Waals surface area contributed by atoms with Crippen molar-refractivity contribution in [2.75, 3.05) is 0 Å². The summed E-state index contributed by atoms with van der Waals surface area (Å²) in [6.07, 6.45) is 0. The van der Waals surface area contributed by atoms with E-state index >= 15 is 0 Å². The van der Waals surface area contributed by atoms with Gasteiger partial charge >= 0.3 is 0 Å². The Hall–Kier alpha value is -0.910. The Morgan fingerprint density at radius 3 is 2.58 bits per heavy atom. The van der Waals surface area contributed by atoms with E-state index in [0.717, 1.165) is 16.0 Å². The molecule has 0 unspecified atom stereocenters. The Balaban J connectivity index is 1.99. The first kappa shape index (κ1) is 14.5. The highest BCUT2D eigenvalue weighted by atomic mass is 35.5. The van der Waals surface area contributed by atoms with E-state index in [0.29, 0.717) is 12.5 Å². The molecule has 0 aliphatic carbocycles. The molecule has 0 radical (unpaired) electrons. The second-order valence-electron chi connectivity index (χ2n) is 4.93. The molecule has 0 aliphatic heterocycles. The van der Waals surface area contributed by atoms with Gasteiger partial charge in [-0.05, 0) is 19.1 Å². The average Bonchev–Trinajstić information content (AvgIpc) is 2.93. The van der Waals surface area contributed by atoms with Crippen LogP contribution in [0.3, 0.4) is 0 Å². The number of hydrogen-bond acceptors (Lipinski definition) is 4. The molecule has 19 heavy (non-hydrogen) atoms. The van der Waals surface area contributed by atoms with Crippen molar-refractivity contribution in [3.63, 3.8) is 0 Å². The number of rotatable bonds is 5. The maximum atomic E-state index is 5.95. The van der Waals surface area contributed by atoms with Crippen molar-refractivity contribution < 1.29 is 0 Å². The van der Waals surface area contributed by atoms with E-state index in [9.17, 15) is 0 Å². The lowest BCUT2D eigenvalue weighted by Crippen LogP contribution is -2.19. The van der Waals surface area contributed by atoms with Crippen LogP contribution in [0, 0.1) is 0 Å². The van der Waals surface area contributed by atoms with E-state index in [-0.39, 0.29) is 6.04 Å². The first-order chi connectivity index (χ1) is 8.99. The largest absolute Gasteiger partial charge is 0.317 e. The summed E-state index contributed by atoms with van der Waals surface area (Å²) in [5, 5.41) is 11.9. The molecule has 0 fully saturated rings. The summed E-state index contributed by atoms with van der Waals surface area (Å²) < 4.78 is 2.88. The molecule has 104 valence electrons. The molecule has 1 N–H and O–H groups in total. The minimum absolute atomic E-state index is 0.261. The Kier molecular flexibility index (Phi) is 4.60. The van der Waals surface area contributed by atoms with E-state index in [1.54, 1.807) is 11.3 Å². The second-order valence-corrected chi connectivity index (χ2v) is 6.68. The maximum Gasteiger partial charge on any atom is 0.146 e. The second kappa shape index (κ2) is 6.03. The molecule has 1 atom stereocenters. The summed E-state index contributed by atoms with van der Waals surface area (Å²) in [5.41, 5.74) is 0. The third-order valence-corrected chi connectivity index (χ3v) is 4.52. The maximum absolute atomic E-state index is 5.95. The molecule has 0 aliphatic rings. The molecule has 2 rings (SSSR count). The van der Waals surface area contributed by atoms with Crippen molar-refractivity contribution in [2.45, 2.75) is 39.3 Å². The Morgan fingerprint density at radius 2 is 2.05 bits per heavy atom. The molecule has 0 amide bonds. The molecule has 4 nitrogen and oxygen atoms in total. The zero-order valence-electron chi connectivity index (χ0n) is 11.6. The quantitative estimate of drug-likeness (QED) is 0.918. The third kappa shape index (κ3) is 3.35. The highest BCUT2D eigenvalue weighted by molar-refractivity contribution is 7.16. The normalized spacial score (nSPS) is 13.2. The number of hydrogen-bond donors (Lipinski definition) is 1. The van der Waals surface area contributed by atoms with Gasteiger partial charge in [-0.25, -0.2) is 0 Å². The number of nitrogens with zero attached hydrogens (tertiary/aromatic N) is 3. The predicted molar refractivity (Wildman–Crippen MR) is 79.7 cm³/mol. The lowest BCUT2D eigenvalue weighted by Gasteiger charge is -2.12. The SMILES string of the molecule is CC(C)c1nnc(CN[C@H](C)c2ccc(Cl)s2)n1C. The summed E-state index contributed by atoms with van der Waals surface area (Å²) in [7, 11) is 2.01. The molecule has 0 saturated heterocycles. The smallest absolute Gasteiger partial charge is 0.146 e. The van der Waals surface area contributed by atoms with Crippen LogP contribution < -0.4 is 5.32 Å². The lowest BCUT2D eigenvalue weighted by atomic mass is 10.2. The minimum Gasteiger partial charge on any atom is -0.317 e. The van der Waals surface area contributed by atoms with Gasteiger partial charge in [-0.1, -0.05) is 25.4 Å². The van der Waals surface area contributed by atoms with Crippen LogP contribution in [0.5, 0.6) is 0 Å². The van der Waals surface area contributed by atoms with E-state index in [1.165, 1.54) is 4.88 Å². The van der Waals surface area contributed by atoms with Crippen molar-refractivity contribution >= 4 is 22.9 Å². The summed E-state index contributed by atoms with van der Waals surface area (Å²) >= 11 is 7.55. The van der Waals surface area contributed by atoms with Crippen LogP contribution in [0.4, 0.5) is 0 Å². The van der Waals surface area contributed by atoms with Gasteiger partial charge in [0.05, 0.1) is 10.9 Å². The van der Waals surface area contributed by atoms with Gasteiger partial charge in [0.1, 0.15) is 11.6 Å². The van der Waals surface area contributed by atoms with Crippen molar-refractivity contribution in [1.29, 1.82) is 0 Å². The van der Waals surface area contributed by atoms with Crippen molar-refractivity contribution in [2.24, 2.45) is 7.05 Å². The molecule has 6 heteroatoms. The summed E-state index contributed by atoms with van der Waals surface area (Å²) in [5.74, 6) is 2.36. The predicted octanol–water partition coefficient (Wildman–Crippen LogP) is 3.50. The van der Waals surface area contributed by atoms with Gasteiger partial charge in [0.25, 0.3) is 0 Å². The highest BCUT2D eigenvalue weighted by Gasteiger charge is 2.13. The molecule has 2 aromatic heterocycles. The monoisotopic (exact) mass is 298 g/mol. The van der Waals surface area contributed by atoms with Crippen LogP contribution in [0.15, 0.2) is 12.1 Å². The molecule has 2 heterocycles. The van der Waals surface area contributed by atoms with E-state index in [1.807, 2.05) is 13.1 Å². The zero-order chi connectivity index (χ0) is 14.0. The van der Waals surface area contributed by atoms with Crippen molar-refractivity contribution in [3.8, 4) is 0 Å². The van der Waals surface area contributed by atoms with Gasteiger partial charge in [-0.2, -0.15) is 0 Å². The van der Waals surface area contributed by atoms with Crippen LogP contribution in [0.2, 0.25) is 4.34 Å². The van der Waals surface area contributed by atoms with Gasteiger partial charge in [0.2, 0.25) is 0 Å². The fourth-order valence-corrected chi connectivity index (χ4v) is 3.03. The van der Waals surface area contributed by atoms with Crippen LogP contribution >= 0.6 is 22.9 Å². The molecular formula is C13H19ClN4S. The van der Waals surface area contributed by atoms with Gasteiger partial charge in [-0.15, -0.1) is 21.5 Å². The standard InChI is InChI=1S/C13H19ClN4S/c1-8(2)13-17-16-12(18(13)4)7-15-9(3)10-5-6-11(14)19-10/h5-6,8-9,15H,7H2,1-4H3/t9-/m1/s1. The van der Waals surface area contributed by atoms with Gasteiger partial charge in [-0.3, -0.25) is 0 Å². The number of halogens is 1. The molecule has 2 aromatic rings. The topological polar surface area (TPSA) is 42.7 Å². The highest BCUT2D eigenvalue weighted by Crippen LogP contribution is 2.26. The molecule has 0 aromatic carbocycles. The summed E-state index contributed by atoms with van der Waals surface area (Å²) in [6, 6.07) is 4.25. The summed E-state index contributed by atoms with van der Waals surface area (Å²) in [6.45, 7) is 7.07. The molecule has 0 saturated carbocycles. The molecule has 0 bridgehead atoms. The van der Waals surface area contributed by atoms with E-state index in [2.05, 4.69) is 46.9 Å². The van der Waals surface area contributed by atoms with Gasteiger partial charge < -0.3 is 9.88 Å². The number of thiophene rings is 1. The van der Waals surface area contributed by atoms with Crippen LogP contribution in [-0.2, 0) is 13.6 Å². The number of nitrogens with one attached hydrogen (secondary N) is 1. The van der Waals surface area contributed by atoms with E-state index in [4.69, 9.17) is 11.6 Å². The Morgan fingerprint density at radius 1 is 1.32 bits per heavy atom. The Bertz CT molecular complexity index is 547. The fourth-order valence-electron chi connectivity index (χ4n) is 1.94. The van der Waals surface area contributed by atoms with Gasteiger partial charge in [0.15, 0.2) is 0 Å². The minimum atomic E-state index is 0.261. The average molecular weight is 299 g/mol. The van der Waals surface area contributed by atoms with Crippen molar-refractivity contribution in [3.05, 3.63) is 33.0 Å². The van der Waals surface area contributed by atoms with E-state index < -0.39 is 0 Å². The fraction of sp³-hybridized carbons (Fsp3) is 0.538. The van der Waals surface area contributed by atoms with Crippen LogP contribution in [0.1, 0.15) is 49.3 Å². The van der Waals surface area contributed by atoms with Crippen molar-refractivity contribution in [1.82, 2.24) is 20.1 Å². The molecular weight excluding hydrogens is 280 g/mol. The third-order valence-electron chi connectivity index (χ3n) is 3.10. The summed E-state index contributed by atoms with van der Waals surface area (Å²) in [4.78, 5) is 1.23. The van der Waals surface area contributed by atoms with Crippen LogP contribution in [-0.4, -0.2) is 14.8 Å². The molecule has 0 spiro atoms. The Labute approximate surface area is 122 Å². The number of aromatic nitrogens is 3.